The molecule has 0 spiro atoms. The van der Waals surface area contributed by atoms with Gasteiger partial charge in [-0.25, -0.2) is 5.43 Å². The fourth-order valence-corrected chi connectivity index (χ4v) is 1.76. The molecule has 5 nitrogen and oxygen atoms in total. The zero-order valence-corrected chi connectivity index (χ0v) is 9.81. The van der Waals surface area contributed by atoms with E-state index in [0.29, 0.717) is 5.75 Å². The van der Waals surface area contributed by atoms with Crippen LogP contribution in [0.1, 0.15) is 22.9 Å². The third-order valence-electron chi connectivity index (χ3n) is 2.68. The number of rotatable bonds is 4. The molecule has 0 aliphatic carbocycles. The SMILES string of the molecule is COc1cncc(C(NN)c2ccoc2C)c1. The van der Waals surface area contributed by atoms with Crippen LogP contribution in [0.3, 0.4) is 0 Å². The van der Waals surface area contributed by atoms with Crippen LogP contribution in [0.25, 0.3) is 0 Å². The van der Waals surface area contributed by atoms with Crippen molar-refractivity contribution in [3.8, 4) is 5.75 Å². The Hall–Kier alpha value is -1.85. The Morgan fingerprint density at radius 1 is 1.47 bits per heavy atom. The Morgan fingerprint density at radius 2 is 2.29 bits per heavy atom. The van der Waals surface area contributed by atoms with Crippen molar-refractivity contribution in [2.45, 2.75) is 13.0 Å². The quantitative estimate of drug-likeness (QED) is 0.619. The molecule has 0 saturated carbocycles. The zero-order chi connectivity index (χ0) is 12.3. The predicted molar refractivity (Wildman–Crippen MR) is 63.4 cm³/mol. The molecule has 3 N–H and O–H groups in total. The highest BCUT2D eigenvalue weighted by molar-refractivity contribution is 5.34. The lowest BCUT2D eigenvalue weighted by atomic mass is 10.0. The summed E-state index contributed by atoms with van der Waals surface area (Å²) in [7, 11) is 1.61. The molecule has 0 aliphatic rings. The van der Waals surface area contributed by atoms with E-state index in [1.165, 1.54) is 0 Å². The molecule has 0 aromatic carbocycles. The zero-order valence-electron chi connectivity index (χ0n) is 9.81. The topological polar surface area (TPSA) is 73.3 Å². The van der Waals surface area contributed by atoms with Crippen LogP contribution in [0.2, 0.25) is 0 Å². The van der Waals surface area contributed by atoms with Crippen LogP contribution < -0.4 is 16.0 Å². The Kier molecular flexibility index (Phi) is 3.41. The van der Waals surface area contributed by atoms with Crippen molar-refractivity contribution in [2.24, 2.45) is 5.84 Å². The smallest absolute Gasteiger partial charge is 0.137 e. The lowest BCUT2D eigenvalue weighted by Crippen LogP contribution is -2.29. The molecule has 2 aromatic heterocycles. The van der Waals surface area contributed by atoms with Crippen LogP contribution >= 0.6 is 0 Å². The van der Waals surface area contributed by atoms with Gasteiger partial charge in [0.1, 0.15) is 11.5 Å². The van der Waals surface area contributed by atoms with Crippen molar-refractivity contribution in [1.29, 1.82) is 0 Å². The number of nitrogens with two attached hydrogens (primary N) is 1. The van der Waals surface area contributed by atoms with Gasteiger partial charge in [0.15, 0.2) is 0 Å². The fourth-order valence-electron chi connectivity index (χ4n) is 1.76. The van der Waals surface area contributed by atoms with E-state index in [1.807, 2.05) is 19.1 Å². The normalized spacial score (nSPS) is 12.4. The second-order valence-electron chi connectivity index (χ2n) is 3.69. The summed E-state index contributed by atoms with van der Waals surface area (Å²) in [5.74, 6) is 7.12. The Labute approximate surface area is 99.6 Å². The van der Waals surface area contributed by atoms with E-state index in [1.54, 1.807) is 25.8 Å². The van der Waals surface area contributed by atoms with Crippen molar-refractivity contribution in [3.05, 3.63) is 47.7 Å². The lowest BCUT2D eigenvalue weighted by molar-refractivity contribution is 0.411. The van der Waals surface area contributed by atoms with E-state index in [4.69, 9.17) is 15.0 Å². The number of nitrogens with one attached hydrogen (secondary N) is 1. The summed E-state index contributed by atoms with van der Waals surface area (Å²) in [5, 5.41) is 0. The second kappa shape index (κ2) is 4.99. The summed E-state index contributed by atoms with van der Waals surface area (Å²) >= 11 is 0. The summed E-state index contributed by atoms with van der Waals surface area (Å²) in [6.07, 6.45) is 5.04. The van der Waals surface area contributed by atoms with Crippen LogP contribution in [-0.4, -0.2) is 12.1 Å². The number of ether oxygens (including phenoxy) is 1. The Balaban J connectivity index is 2.38. The van der Waals surface area contributed by atoms with Gasteiger partial charge in [-0.05, 0) is 24.6 Å². The van der Waals surface area contributed by atoms with Gasteiger partial charge in [0.2, 0.25) is 0 Å². The van der Waals surface area contributed by atoms with Crippen LogP contribution in [0.5, 0.6) is 5.75 Å². The number of hydrogen-bond acceptors (Lipinski definition) is 5. The monoisotopic (exact) mass is 233 g/mol. The molecule has 2 heterocycles. The van der Waals surface area contributed by atoms with E-state index in [0.717, 1.165) is 16.9 Å². The number of methoxy groups -OCH3 is 1. The molecule has 0 fully saturated rings. The van der Waals surface area contributed by atoms with Gasteiger partial charge in [-0.15, -0.1) is 0 Å². The van der Waals surface area contributed by atoms with Gasteiger partial charge in [-0.2, -0.15) is 0 Å². The number of aromatic nitrogens is 1. The first kappa shape index (κ1) is 11.6. The number of nitrogens with zero attached hydrogens (tertiary/aromatic N) is 1. The van der Waals surface area contributed by atoms with Crippen LogP contribution in [0.15, 0.2) is 35.2 Å². The maximum atomic E-state index is 5.60. The molecule has 0 aliphatic heterocycles. The minimum Gasteiger partial charge on any atom is -0.495 e. The first-order chi connectivity index (χ1) is 8.26. The van der Waals surface area contributed by atoms with Gasteiger partial charge in [-0.1, -0.05) is 0 Å². The van der Waals surface area contributed by atoms with Gasteiger partial charge in [0.05, 0.1) is 25.6 Å². The highest BCUT2D eigenvalue weighted by Gasteiger charge is 2.17. The molecule has 5 heteroatoms. The van der Waals surface area contributed by atoms with E-state index in [2.05, 4.69) is 10.4 Å². The lowest BCUT2D eigenvalue weighted by Gasteiger charge is -2.15. The van der Waals surface area contributed by atoms with Crippen molar-refractivity contribution >= 4 is 0 Å². The summed E-state index contributed by atoms with van der Waals surface area (Å²) in [6, 6.07) is 3.62. The molecule has 1 atom stereocenters. The standard InChI is InChI=1S/C12H15N3O2/c1-8-11(3-4-17-8)12(15-13)9-5-10(16-2)7-14-6-9/h3-7,12,15H,13H2,1-2H3. The van der Waals surface area contributed by atoms with E-state index < -0.39 is 0 Å². The summed E-state index contributed by atoms with van der Waals surface area (Å²) in [4.78, 5) is 4.11. The molecular weight excluding hydrogens is 218 g/mol. The van der Waals surface area contributed by atoms with Crippen molar-refractivity contribution in [3.63, 3.8) is 0 Å². The van der Waals surface area contributed by atoms with E-state index in [9.17, 15) is 0 Å². The minimum atomic E-state index is -0.156. The van der Waals surface area contributed by atoms with Gasteiger partial charge in [0, 0.05) is 11.8 Å². The van der Waals surface area contributed by atoms with Crippen LogP contribution in [0, 0.1) is 6.92 Å². The highest BCUT2D eigenvalue weighted by Crippen LogP contribution is 2.26. The molecule has 17 heavy (non-hydrogen) atoms. The van der Waals surface area contributed by atoms with Crippen LogP contribution in [0.4, 0.5) is 0 Å². The minimum absolute atomic E-state index is 0.156. The average molecular weight is 233 g/mol. The summed E-state index contributed by atoms with van der Waals surface area (Å²) < 4.78 is 10.4. The van der Waals surface area contributed by atoms with Gasteiger partial charge >= 0.3 is 0 Å². The van der Waals surface area contributed by atoms with Crippen molar-refractivity contribution in [1.82, 2.24) is 10.4 Å². The first-order valence-electron chi connectivity index (χ1n) is 5.25. The van der Waals surface area contributed by atoms with Crippen LogP contribution in [-0.2, 0) is 0 Å². The average Bonchev–Trinajstić information content (AvgIpc) is 2.77. The van der Waals surface area contributed by atoms with E-state index >= 15 is 0 Å². The largest absolute Gasteiger partial charge is 0.495 e. The third kappa shape index (κ3) is 2.30. The number of aryl methyl sites for hydroxylation is 1. The second-order valence-corrected chi connectivity index (χ2v) is 3.69. The first-order valence-corrected chi connectivity index (χ1v) is 5.25. The number of pyridine rings is 1. The third-order valence-corrected chi connectivity index (χ3v) is 2.68. The Morgan fingerprint density at radius 3 is 2.88 bits per heavy atom. The van der Waals surface area contributed by atoms with E-state index in [-0.39, 0.29) is 6.04 Å². The van der Waals surface area contributed by atoms with Crippen molar-refractivity contribution in [2.75, 3.05) is 7.11 Å². The van der Waals surface area contributed by atoms with Gasteiger partial charge in [-0.3, -0.25) is 10.8 Å². The van der Waals surface area contributed by atoms with Gasteiger partial charge in [0.25, 0.3) is 0 Å². The predicted octanol–water partition coefficient (Wildman–Crippen LogP) is 1.54. The highest BCUT2D eigenvalue weighted by atomic mass is 16.5. The molecule has 2 rings (SSSR count). The Bertz CT molecular complexity index is 496. The molecule has 2 aromatic rings. The van der Waals surface area contributed by atoms with Gasteiger partial charge < -0.3 is 9.15 Å². The number of hydrogen-bond donors (Lipinski definition) is 2. The maximum Gasteiger partial charge on any atom is 0.137 e. The molecule has 1 unspecified atom stereocenters. The maximum absolute atomic E-state index is 5.60. The van der Waals surface area contributed by atoms with Crippen molar-refractivity contribution < 1.29 is 9.15 Å². The molecule has 0 amide bonds. The number of furan rings is 1. The summed E-state index contributed by atoms with van der Waals surface area (Å²) in [6.45, 7) is 1.90. The summed E-state index contributed by atoms with van der Waals surface area (Å²) in [5.41, 5.74) is 4.67. The fraction of sp³-hybridized carbons (Fsp3) is 0.250. The molecular formula is C12H15N3O2. The molecule has 90 valence electrons. The molecule has 0 bridgehead atoms. The molecule has 0 radical (unpaired) electrons. The molecule has 0 saturated heterocycles. The number of hydrazine groups is 1.